The zero-order valence-electron chi connectivity index (χ0n) is 13.9. The van der Waals surface area contributed by atoms with Gasteiger partial charge in [-0.05, 0) is 42.8 Å². The fraction of sp³-hybridized carbons (Fsp3) is 0.316. The molecular weight excluding hydrogens is 306 g/mol. The van der Waals surface area contributed by atoms with Gasteiger partial charge in [0, 0.05) is 6.54 Å². The number of alkyl carbamates (subject to hydrolysis) is 1. The average Bonchev–Trinajstić information content (AvgIpc) is 2.61. The average molecular weight is 329 g/mol. The van der Waals surface area contributed by atoms with E-state index in [4.69, 9.17) is 14.2 Å². The fourth-order valence-corrected chi connectivity index (χ4v) is 1.94. The quantitative estimate of drug-likeness (QED) is 0.694. The summed E-state index contributed by atoms with van der Waals surface area (Å²) in [5, 5.41) is 2.68. The molecule has 24 heavy (non-hydrogen) atoms. The van der Waals surface area contributed by atoms with E-state index in [1.807, 2.05) is 54.6 Å². The predicted octanol–water partition coefficient (Wildman–Crippen LogP) is 4.38. The Hall–Kier alpha value is -2.69. The first-order valence-electron chi connectivity index (χ1n) is 8.14. The first-order chi connectivity index (χ1) is 11.8. The molecular formula is C19H23NO4. The summed E-state index contributed by atoms with van der Waals surface area (Å²) >= 11 is 0. The summed E-state index contributed by atoms with van der Waals surface area (Å²) in [6.45, 7) is 3.22. The molecule has 5 nitrogen and oxygen atoms in total. The van der Waals surface area contributed by atoms with Gasteiger partial charge in [-0.1, -0.05) is 31.5 Å². The monoisotopic (exact) mass is 329 g/mol. The topological polar surface area (TPSA) is 56.8 Å². The summed E-state index contributed by atoms with van der Waals surface area (Å²) in [5.41, 5.74) is 0. The van der Waals surface area contributed by atoms with Crippen LogP contribution in [0.2, 0.25) is 0 Å². The molecule has 0 aliphatic rings. The molecule has 0 radical (unpaired) electrons. The molecule has 128 valence electrons. The highest BCUT2D eigenvalue weighted by Gasteiger charge is 2.01. The van der Waals surface area contributed by atoms with Crippen molar-refractivity contribution in [3.63, 3.8) is 0 Å². The number of benzene rings is 2. The van der Waals surface area contributed by atoms with Gasteiger partial charge in [-0.3, -0.25) is 0 Å². The molecule has 0 heterocycles. The van der Waals surface area contributed by atoms with Crippen molar-refractivity contribution in [1.82, 2.24) is 5.32 Å². The standard InChI is InChI=1S/C19H23NO4/c1-2-3-13-20-19(21)23-15-14-22-16-9-11-18(12-10-16)24-17-7-5-4-6-8-17/h4-12H,2-3,13-15H2,1H3,(H,20,21). The van der Waals surface area contributed by atoms with Crippen molar-refractivity contribution >= 4 is 6.09 Å². The van der Waals surface area contributed by atoms with Crippen LogP contribution >= 0.6 is 0 Å². The Bertz CT molecular complexity index is 599. The van der Waals surface area contributed by atoms with Crippen molar-refractivity contribution in [3.05, 3.63) is 54.6 Å². The summed E-state index contributed by atoms with van der Waals surface area (Å²) in [4.78, 5) is 11.3. The second-order valence-corrected chi connectivity index (χ2v) is 5.15. The van der Waals surface area contributed by atoms with E-state index < -0.39 is 6.09 Å². The van der Waals surface area contributed by atoms with Gasteiger partial charge in [0.25, 0.3) is 0 Å². The number of unbranched alkanes of at least 4 members (excludes halogenated alkanes) is 1. The summed E-state index contributed by atoms with van der Waals surface area (Å²) in [5.74, 6) is 2.22. The smallest absolute Gasteiger partial charge is 0.407 e. The van der Waals surface area contributed by atoms with Crippen LogP contribution in [0.15, 0.2) is 54.6 Å². The molecule has 0 spiro atoms. The highest BCUT2D eigenvalue weighted by atomic mass is 16.6. The molecule has 2 aromatic carbocycles. The van der Waals surface area contributed by atoms with Crippen molar-refractivity contribution < 1.29 is 19.0 Å². The molecule has 0 aromatic heterocycles. The van der Waals surface area contributed by atoms with Gasteiger partial charge in [0.2, 0.25) is 0 Å². The third-order valence-corrected chi connectivity index (χ3v) is 3.19. The second kappa shape index (κ2) is 10.2. The molecule has 2 aromatic rings. The highest BCUT2D eigenvalue weighted by Crippen LogP contribution is 2.23. The number of amides is 1. The zero-order chi connectivity index (χ0) is 17.0. The zero-order valence-corrected chi connectivity index (χ0v) is 13.9. The SMILES string of the molecule is CCCCNC(=O)OCCOc1ccc(Oc2ccccc2)cc1. The number of ether oxygens (including phenoxy) is 3. The molecule has 0 unspecified atom stereocenters. The number of rotatable bonds is 9. The molecule has 1 N–H and O–H groups in total. The highest BCUT2D eigenvalue weighted by molar-refractivity contribution is 5.66. The van der Waals surface area contributed by atoms with E-state index in [1.165, 1.54) is 0 Å². The number of hydrogen-bond acceptors (Lipinski definition) is 4. The summed E-state index contributed by atoms with van der Waals surface area (Å²) in [6.07, 6.45) is 1.58. The van der Waals surface area contributed by atoms with E-state index in [-0.39, 0.29) is 6.61 Å². The molecule has 0 fully saturated rings. The summed E-state index contributed by atoms with van der Waals surface area (Å²) < 4.78 is 16.2. The van der Waals surface area contributed by atoms with Crippen LogP contribution in [0.4, 0.5) is 4.79 Å². The molecule has 0 atom stereocenters. The maximum absolute atomic E-state index is 11.3. The van der Waals surface area contributed by atoms with Crippen molar-refractivity contribution in [2.75, 3.05) is 19.8 Å². The number of hydrogen-bond donors (Lipinski definition) is 1. The Labute approximate surface area is 142 Å². The first kappa shape index (κ1) is 17.7. The normalized spacial score (nSPS) is 10.0. The van der Waals surface area contributed by atoms with Crippen LogP contribution in [0.25, 0.3) is 0 Å². The summed E-state index contributed by atoms with van der Waals surface area (Å²) in [7, 11) is 0. The van der Waals surface area contributed by atoms with E-state index in [0.29, 0.717) is 18.9 Å². The predicted molar refractivity (Wildman–Crippen MR) is 92.7 cm³/mol. The van der Waals surface area contributed by atoms with Crippen LogP contribution < -0.4 is 14.8 Å². The first-order valence-corrected chi connectivity index (χ1v) is 8.14. The van der Waals surface area contributed by atoms with Crippen molar-refractivity contribution in [2.24, 2.45) is 0 Å². The van der Waals surface area contributed by atoms with E-state index in [9.17, 15) is 4.79 Å². The minimum Gasteiger partial charge on any atom is -0.490 e. The Morgan fingerprint density at radius 1 is 0.917 bits per heavy atom. The van der Waals surface area contributed by atoms with Gasteiger partial charge in [0.05, 0.1) is 0 Å². The number of nitrogens with one attached hydrogen (secondary N) is 1. The molecule has 0 aliphatic heterocycles. The number of carbonyl (C=O) groups excluding carboxylic acids is 1. The van der Waals surface area contributed by atoms with Gasteiger partial charge in [0.1, 0.15) is 30.5 Å². The lowest BCUT2D eigenvalue weighted by molar-refractivity contribution is 0.125. The lowest BCUT2D eigenvalue weighted by Crippen LogP contribution is -2.26. The van der Waals surface area contributed by atoms with Crippen LogP contribution in [-0.4, -0.2) is 25.9 Å². The van der Waals surface area contributed by atoms with Crippen molar-refractivity contribution in [3.8, 4) is 17.2 Å². The fourth-order valence-electron chi connectivity index (χ4n) is 1.94. The van der Waals surface area contributed by atoms with E-state index in [0.717, 1.165) is 24.3 Å². The van der Waals surface area contributed by atoms with Crippen LogP contribution in [0.1, 0.15) is 19.8 Å². The van der Waals surface area contributed by atoms with Crippen LogP contribution in [0.3, 0.4) is 0 Å². The van der Waals surface area contributed by atoms with E-state index in [1.54, 1.807) is 0 Å². The maximum atomic E-state index is 11.3. The van der Waals surface area contributed by atoms with E-state index in [2.05, 4.69) is 12.2 Å². The van der Waals surface area contributed by atoms with Gasteiger partial charge in [-0.15, -0.1) is 0 Å². The van der Waals surface area contributed by atoms with Gasteiger partial charge in [-0.25, -0.2) is 4.79 Å². The molecule has 0 aliphatic carbocycles. The Morgan fingerprint density at radius 3 is 2.29 bits per heavy atom. The molecule has 0 saturated carbocycles. The second-order valence-electron chi connectivity index (χ2n) is 5.15. The van der Waals surface area contributed by atoms with Gasteiger partial charge in [-0.2, -0.15) is 0 Å². The lowest BCUT2D eigenvalue weighted by atomic mass is 10.3. The Kier molecular flexibility index (Phi) is 7.47. The van der Waals surface area contributed by atoms with Gasteiger partial charge in [0.15, 0.2) is 0 Å². The Balaban J connectivity index is 1.66. The van der Waals surface area contributed by atoms with Gasteiger partial charge >= 0.3 is 6.09 Å². The molecule has 2 rings (SSSR count). The Morgan fingerprint density at radius 2 is 1.58 bits per heavy atom. The third-order valence-electron chi connectivity index (χ3n) is 3.19. The van der Waals surface area contributed by atoms with Crippen LogP contribution in [-0.2, 0) is 4.74 Å². The maximum Gasteiger partial charge on any atom is 0.407 e. The molecule has 5 heteroatoms. The van der Waals surface area contributed by atoms with Crippen LogP contribution in [0.5, 0.6) is 17.2 Å². The third kappa shape index (κ3) is 6.60. The van der Waals surface area contributed by atoms with Crippen LogP contribution in [0, 0.1) is 0 Å². The minimum absolute atomic E-state index is 0.209. The molecule has 0 saturated heterocycles. The molecule has 1 amide bonds. The minimum atomic E-state index is -0.404. The lowest BCUT2D eigenvalue weighted by Gasteiger charge is -2.09. The van der Waals surface area contributed by atoms with E-state index >= 15 is 0 Å². The van der Waals surface area contributed by atoms with Crippen molar-refractivity contribution in [1.29, 1.82) is 0 Å². The molecule has 0 bridgehead atoms. The number of carbonyl (C=O) groups is 1. The van der Waals surface area contributed by atoms with Crippen molar-refractivity contribution in [2.45, 2.75) is 19.8 Å². The summed E-state index contributed by atoms with van der Waals surface area (Å²) in [6, 6.07) is 16.9. The van der Waals surface area contributed by atoms with Gasteiger partial charge < -0.3 is 19.5 Å². The largest absolute Gasteiger partial charge is 0.490 e. The number of para-hydroxylation sites is 1.